The average Bonchev–Trinajstić information content (AvgIpc) is 3.47. The molecule has 1 aliphatic rings. The molecule has 8 heteroatoms. The van der Waals surface area contributed by atoms with Crippen LogP contribution in [0.5, 0.6) is 0 Å². The molecule has 0 bridgehead atoms. The largest absolute Gasteiger partial charge is 0.369 e. The van der Waals surface area contributed by atoms with Crippen molar-refractivity contribution >= 4 is 40.3 Å². The van der Waals surface area contributed by atoms with E-state index in [1.165, 1.54) is 24.6 Å². The molecule has 0 atom stereocenters. The molecular weight excluding hydrogens is 408 g/mol. The molecule has 1 amide bonds. The second-order valence-electron chi connectivity index (χ2n) is 6.66. The minimum absolute atomic E-state index is 0.0766. The number of nitrogens with zero attached hydrogens (tertiary/aromatic N) is 1. The number of hydrogen-bond acceptors (Lipinski definition) is 6. The molecule has 4 rings (SSSR count). The fourth-order valence-corrected chi connectivity index (χ4v) is 5.42. The van der Waals surface area contributed by atoms with Crippen LogP contribution in [0.3, 0.4) is 0 Å². The van der Waals surface area contributed by atoms with Gasteiger partial charge in [-0.1, -0.05) is 43.3 Å². The number of thiophene rings is 2. The van der Waals surface area contributed by atoms with E-state index in [2.05, 4.69) is 39.7 Å². The van der Waals surface area contributed by atoms with Crippen LogP contribution in [0.4, 0.5) is 0 Å². The zero-order chi connectivity index (χ0) is 19.3. The first kappa shape index (κ1) is 19.3. The van der Waals surface area contributed by atoms with E-state index < -0.39 is 0 Å². The Balaban J connectivity index is 1.39. The van der Waals surface area contributed by atoms with Crippen molar-refractivity contribution in [3.63, 3.8) is 0 Å². The lowest BCUT2D eigenvalue weighted by atomic mass is 10.2. The Hall–Kier alpha value is -2.03. The molecule has 1 fully saturated rings. The molecule has 1 saturated carbocycles. The number of nitrogens with one attached hydrogen (secondary N) is 3. The van der Waals surface area contributed by atoms with Crippen LogP contribution in [-0.4, -0.2) is 27.7 Å². The van der Waals surface area contributed by atoms with E-state index in [1.54, 1.807) is 22.7 Å². The number of carbonyl (C=O) groups is 1. The zero-order valence-corrected chi connectivity index (χ0v) is 17.8. The Bertz CT molecular complexity index is 873. The molecule has 1 aliphatic carbocycles. The quantitative estimate of drug-likeness (QED) is 0.436. The summed E-state index contributed by atoms with van der Waals surface area (Å²) in [6.07, 6.45) is 4.78. The van der Waals surface area contributed by atoms with Gasteiger partial charge < -0.3 is 15.6 Å². The first-order valence-electron chi connectivity index (χ1n) is 9.25. The third kappa shape index (κ3) is 4.68. The van der Waals surface area contributed by atoms with Crippen molar-refractivity contribution < 1.29 is 4.79 Å². The highest BCUT2D eigenvalue weighted by Crippen LogP contribution is 2.36. The van der Waals surface area contributed by atoms with Gasteiger partial charge in [-0.2, -0.15) is 0 Å². The van der Waals surface area contributed by atoms with Crippen molar-refractivity contribution in [1.82, 2.24) is 20.6 Å². The number of rotatable bonds is 8. The number of aromatic amines is 1. The van der Waals surface area contributed by atoms with Crippen molar-refractivity contribution in [2.75, 3.05) is 5.75 Å². The summed E-state index contributed by atoms with van der Waals surface area (Å²) in [5.74, 6) is 0.801. The molecule has 3 aromatic heterocycles. The van der Waals surface area contributed by atoms with E-state index in [4.69, 9.17) is 4.98 Å². The van der Waals surface area contributed by atoms with Crippen LogP contribution in [0, 0.1) is 0 Å². The summed E-state index contributed by atoms with van der Waals surface area (Å²) in [5.41, 5.74) is 1.94. The van der Waals surface area contributed by atoms with Gasteiger partial charge in [-0.25, -0.2) is 4.98 Å². The topological polar surface area (TPSA) is 69.8 Å². The van der Waals surface area contributed by atoms with E-state index in [0.29, 0.717) is 11.9 Å². The van der Waals surface area contributed by atoms with Gasteiger partial charge in [0.25, 0.3) is 0 Å². The van der Waals surface area contributed by atoms with Gasteiger partial charge in [0.2, 0.25) is 5.91 Å². The minimum Gasteiger partial charge on any atom is -0.369 e. The molecule has 3 aromatic rings. The van der Waals surface area contributed by atoms with E-state index in [-0.39, 0.29) is 11.7 Å². The normalized spacial score (nSPS) is 14.3. The smallest absolute Gasteiger partial charge is 0.235 e. The lowest BCUT2D eigenvalue weighted by Crippen LogP contribution is -2.36. The summed E-state index contributed by atoms with van der Waals surface area (Å²) in [5, 5.41) is 11.0. The molecule has 0 unspecified atom stereocenters. The van der Waals surface area contributed by atoms with Crippen molar-refractivity contribution in [3.05, 3.63) is 47.4 Å². The average molecular weight is 431 g/mol. The third-order valence-electron chi connectivity index (χ3n) is 4.57. The number of carbonyl (C=O) groups excluding carboxylic acids is 1. The second kappa shape index (κ2) is 8.98. The summed E-state index contributed by atoms with van der Waals surface area (Å²) >= 11 is 4.74. The fourth-order valence-electron chi connectivity index (χ4n) is 3.30. The van der Waals surface area contributed by atoms with Crippen molar-refractivity contribution in [1.29, 1.82) is 0 Å². The summed E-state index contributed by atoms with van der Waals surface area (Å²) in [7, 11) is 0. The fraction of sp³-hybridized carbons (Fsp3) is 0.300. The maximum atomic E-state index is 12.3. The summed E-state index contributed by atoms with van der Waals surface area (Å²) in [6.45, 7) is 3.93. The highest BCUT2D eigenvalue weighted by atomic mass is 32.2. The van der Waals surface area contributed by atoms with Crippen LogP contribution in [0.15, 0.2) is 52.6 Å². The zero-order valence-electron chi connectivity index (χ0n) is 15.4. The van der Waals surface area contributed by atoms with Gasteiger partial charge >= 0.3 is 0 Å². The summed E-state index contributed by atoms with van der Waals surface area (Å²) < 4.78 is 0. The van der Waals surface area contributed by atoms with Crippen molar-refractivity contribution in [3.8, 4) is 21.1 Å². The molecule has 0 aliphatic heterocycles. The number of H-pyrrole nitrogens is 1. The first-order chi connectivity index (χ1) is 13.7. The standard InChI is InChI=1S/C20H22N4OS3/c1-13(21-14-6-2-3-7-14)22-17(25)12-28-20-23-18(15-8-4-10-26-15)19(24-20)16-9-5-11-27-16/h4-5,8-11,14,21H,1-3,6-7,12H2,(H,22,25)(H,23,24). The molecule has 3 heterocycles. The molecule has 0 spiro atoms. The molecule has 0 radical (unpaired) electrons. The molecule has 146 valence electrons. The van der Waals surface area contributed by atoms with Crippen LogP contribution in [0.2, 0.25) is 0 Å². The molecule has 0 aromatic carbocycles. The van der Waals surface area contributed by atoms with Gasteiger partial charge in [-0.05, 0) is 35.7 Å². The van der Waals surface area contributed by atoms with Crippen molar-refractivity contribution in [2.24, 2.45) is 0 Å². The highest BCUT2D eigenvalue weighted by molar-refractivity contribution is 7.99. The van der Waals surface area contributed by atoms with Crippen LogP contribution in [-0.2, 0) is 4.79 Å². The molecule has 28 heavy (non-hydrogen) atoms. The van der Waals surface area contributed by atoms with E-state index in [9.17, 15) is 4.79 Å². The SMILES string of the molecule is C=C(NC(=O)CSc1nc(-c2cccs2)c(-c2cccs2)[nH]1)NC1CCCC1. The molecule has 5 nitrogen and oxygen atoms in total. The second-order valence-corrected chi connectivity index (χ2v) is 9.52. The minimum atomic E-state index is -0.0766. The van der Waals surface area contributed by atoms with Gasteiger partial charge in [-0.3, -0.25) is 4.79 Å². The van der Waals surface area contributed by atoms with Gasteiger partial charge in [0.05, 0.1) is 27.0 Å². The monoisotopic (exact) mass is 430 g/mol. The number of aromatic nitrogens is 2. The lowest BCUT2D eigenvalue weighted by Gasteiger charge is -2.16. The van der Waals surface area contributed by atoms with Gasteiger partial charge in [0, 0.05) is 6.04 Å². The highest BCUT2D eigenvalue weighted by Gasteiger charge is 2.18. The van der Waals surface area contributed by atoms with Crippen LogP contribution in [0.1, 0.15) is 25.7 Å². The molecule has 0 saturated heterocycles. The Kier molecular flexibility index (Phi) is 6.19. The summed E-state index contributed by atoms with van der Waals surface area (Å²) in [4.78, 5) is 22.7. The first-order valence-corrected chi connectivity index (χ1v) is 12.0. The lowest BCUT2D eigenvalue weighted by molar-refractivity contribution is -0.117. The van der Waals surface area contributed by atoms with Gasteiger partial charge in [-0.15, -0.1) is 22.7 Å². The van der Waals surface area contributed by atoms with Crippen molar-refractivity contribution in [2.45, 2.75) is 36.9 Å². The predicted molar refractivity (Wildman–Crippen MR) is 119 cm³/mol. The number of imidazole rings is 1. The molecule has 3 N–H and O–H groups in total. The Morgan fingerprint density at radius 2 is 1.93 bits per heavy atom. The van der Waals surface area contributed by atoms with Crippen LogP contribution >= 0.6 is 34.4 Å². The maximum Gasteiger partial charge on any atom is 0.235 e. The molecular formula is C20H22N4OS3. The Labute approximate surface area is 176 Å². The number of amides is 1. The number of hydrogen-bond donors (Lipinski definition) is 3. The number of thioether (sulfide) groups is 1. The predicted octanol–water partition coefficient (Wildman–Crippen LogP) is 5.08. The third-order valence-corrected chi connectivity index (χ3v) is 7.21. The van der Waals surface area contributed by atoms with Gasteiger partial charge in [0.1, 0.15) is 5.69 Å². The van der Waals surface area contributed by atoms with E-state index >= 15 is 0 Å². The van der Waals surface area contributed by atoms with Gasteiger partial charge in [0.15, 0.2) is 5.16 Å². The Morgan fingerprint density at radius 1 is 1.21 bits per heavy atom. The van der Waals surface area contributed by atoms with E-state index in [1.807, 2.05) is 17.5 Å². The summed E-state index contributed by atoms with van der Waals surface area (Å²) in [6, 6.07) is 8.64. The van der Waals surface area contributed by atoms with E-state index in [0.717, 1.165) is 39.1 Å². The van der Waals surface area contributed by atoms with Crippen LogP contribution in [0.25, 0.3) is 21.1 Å². The Morgan fingerprint density at radius 3 is 2.61 bits per heavy atom. The van der Waals surface area contributed by atoms with Crippen LogP contribution < -0.4 is 10.6 Å². The maximum absolute atomic E-state index is 12.3.